The van der Waals surface area contributed by atoms with Crippen LogP contribution in [0, 0.1) is 5.92 Å². The first-order valence-electron chi connectivity index (χ1n) is 4.79. The standard InChI is InChI=1S/C9H19NO2/c1-2-10-5-6-11-8-12-7-9-3-4-9/h9-10H,2-8H2,1H3. The van der Waals surface area contributed by atoms with Crippen molar-refractivity contribution >= 4 is 0 Å². The van der Waals surface area contributed by atoms with Crippen LogP contribution in [0.1, 0.15) is 19.8 Å². The van der Waals surface area contributed by atoms with Gasteiger partial charge in [0, 0.05) is 6.54 Å². The Bertz CT molecular complexity index is 105. The van der Waals surface area contributed by atoms with Crippen molar-refractivity contribution < 1.29 is 9.47 Å². The lowest BCUT2D eigenvalue weighted by Crippen LogP contribution is -2.19. The molecule has 1 saturated carbocycles. The molecule has 1 aliphatic rings. The minimum atomic E-state index is 0.460. The smallest absolute Gasteiger partial charge is 0.146 e. The molecule has 1 aliphatic carbocycles. The maximum absolute atomic E-state index is 5.29. The van der Waals surface area contributed by atoms with Crippen LogP contribution < -0.4 is 5.32 Å². The summed E-state index contributed by atoms with van der Waals surface area (Å²) in [6.45, 7) is 6.11. The zero-order valence-corrected chi connectivity index (χ0v) is 7.84. The molecule has 0 aliphatic heterocycles. The van der Waals surface area contributed by atoms with Crippen molar-refractivity contribution in [3.05, 3.63) is 0 Å². The average molecular weight is 173 g/mol. The van der Waals surface area contributed by atoms with Gasteiger partial charge in [-0.1, -0.05) is 6.92 Å². The lowest BCUT2D eigenvalue weighted by molar-refractivity contribution is -0.0557. The quantitative estimate of drug-likeness (QED) is 0.439. The second-order valence-corrected chi connectivity index (χ2v) is 3.19. The Balaban J connectivity index is 1.65. The summed E-state index contributed by atoms with van der Waals surface area (Å²) in [7, 11) is 0. The van der Waals surface area contributed by atoms with Crippen LogP contribution in [0.15, 0.2) is 0 Å². The third-order valence-electron chi connectivity index (χ3n) is 1.89. The van der Waals surface area contributed by atoms with Gasteiger partial charge < -0.3 is 14.8 Å². The van der Waals surface area contributed by atoms with E-state index in [1.807, 2.05) is 0 Å². The third-order valence-corrected chi connectivity index (χ3v) is 1.89. The normalized spacial score (nSPS) is 16.8. The third kappa shape index (κ3) is 5.52. The van der Waals surface area contributed by atoms with Crippen LogP contribution in [-0.4, -0.2) is 33.1 Å². The van der Waals surface area contributed by atoms with Crippen molar-refractivity contribution in [3.8, 4) is 0 Å². The van der Waals surface area contributed by atoms with E-state index in [1.54, 1.807) is 0 Å². The molecule has 0 saturated heterocycles. The molecule has 0 radical (unpaired) electrons. The summed E-state index contributed by atoms with van der Waals surface area (Å²) in [6.07, 6.45) is 2.69. The molecule has 3 heteroatoms. The summed E-state index contributed by atoms with van der Waals surface area (Å²) in [5.41, 5.74) is 0. The van der Waals surface area contributed by atoms with Gasteiger partial charge in [-0.25, -0.2) is 0 Å². The van der Waals surface area contributed by atoms with Gasteiger partial charge in [-0.2, -0.15) is 0 Å². The number of rotatable bonds is 8. The minimum Gasteiger partial charge on any atom is -0.355 e. The Labute approximate surface area is 74.4 Å². The summed E-state index contributed by atoms with van der Waals surface area (Å²) < 4.78 is 10.5. The molecular weight excluding hydrogens is 154 g/mol. The summed E-state index contributed by atoms with van der Waals surface area (Å²) in [5, 5.41) is 3.18. The molecule has 0 spiro atoms. The highest BCUT2D eigenvalue weighted by molar-refractivity contribution is 4.71. The highest BCUT2D eigenvalue weighted by Gasteiger charge is 2.20. The van der Waals surface area contributed by atoms with Gasteiger partial charge in [0.05, 0.1) is 13.2 Å². The van der Waals surface area contributed by atoms with Crippen LogP contribution in [0.25, 0.3) is 0 Å². The fraction of sp³-hybridized carbons (Fsp3) is 1.00. The lowest BCUT2D eigenvalue weighted by atomic mass is 10.5. The van der Waals surface area contributed by atoms with Crippen LogP contribution in [0.4, 0.5) is 0 Å². The first-order valence-corrected chi connectivity index (χ1v) is 4.79. The SMILES string of the molecule is CCNCCOCOCC1CC1. The Morgan fingerprint density at radius 1 is 1.33 bits per heavy atom. The fourth-order valence-electron chi connectivity index (χ4n) is 0.938. The second-order valence-electron chi connectivity index (χ2n) is 3.19. The molecule has 0 heterocycles. The molecule has 0 aromatic heterocycles. The molecule has 1 rings (SSSR count). The zero-order valence-electron chi connectivity index (χ0n) is 7.84. The molecular formula is C9H19NO2. The van der Waals surface area contributed by atoms with Gasteiger partial charge in [-0.05, 0) is 25.3 Å². The van der Waals surface area contributed by atoms with Gasteiger partial charge in [-0.3, -0.25) is 0 Å². The maximum Gasteiger partial charge on any atom is 0.146 e. The van der Waals surface area contributed by atoms with E-state index in [4.69, 9.17) is 9.47 Å². The van der Waals surface area contributed by atoms with Crippen molar-refractivity contribution in [1.82, 2.24) is 5.32 Å². The average Bonchev–Trinajstić information content (AvgIpc) is 2.87. The van der Waals surface area contributed by atoms with Crippen molar-refractivity contribution in [2.24, 2.45) is 5.92 Å². The van der Waals surface area contributed by atoms with Gasteiger partial charge in [0.15, 0.2) is 0 Å². The first-order chi connectivity index (χ1) is 5.93. The van der Waals surface area contributed by atoms with Crippen LogP contribution in [-0.2, 0) is 9.47 Å². The summed E-state index contributed by atoms with van der Waals surface area (Å²) in [6, 6.07) is 0. The van der Waals surface area contributed by atoms with E-state index in [9.17, 15) is 0 Å². The van der Waals surface area contributed by atoms with Crippen LogP contribution in [0.2, 0.25) is 0 Å². The van der Waals surface area contributed by atoms with Gasteiger partial charge >= 0.3 is 0 Å². The Kier molecular flexibility index (Phi) is 5.32. The highest BCUT2D eigenvalue weighted by Crippen LogP contribution is 2.28. The highest BCUT2D eigenvalue weighted by atomic mass is 16.7. The molecule has 3 nitrogen and oxygen atoms in total. The molecule has 0 amide bonds. The Hall–Kier alpha value is -0.120. The van der Waals surface area contributed by atoms with E-state index in [0.717, 1.165) is 32.2 Å². The van der Waals surface area contributed by atoms with Gasteiger partial charge in [0.25, 0.3) is 0 Å². The van der Waals surface area contributed by atoms with Crippen LogP contribution in [0.3, 0.4) is 0 Å². The molecule has 1 N–H and O–H groups in total. The van der Waals surface area contributed by atoms with Crippen LogP contribution >= 0.6 is 0 Å². The van der Waals surface area contributed by atoms with Gasteiger partial charge in [0.2, 0.25) is 0 Å². The topological polar surface area (TPSA) is 30.5 Å². The number of hydrogen-bond acceptors (Lipinski definition) is 3. The van der Waals surface area contributed by atoms with Crippen LogP contribution in [0.5, 0.6) is 0 Å². The lowest BCUT2D eigenvalue weighted by Gasteiger charge is -2.04. The largest absolute Gasteiger partial charge is 0.355 e. The van der Waals surface area contributed by atoms with Crippen molar-refractivity contribution in [2.75, 3.05) is 33.1 Å². The number of ether oxygens (including phenoxy) is 2. The van der Waals surface area contributed by atoms with E-state index in [-0.39, 0.29) is 0 Å². The zero-order chi connectivity index (χ0) is 8.65. The van der Waals surface area contributed by atoms with Gasteiger partial charge in [0.1, 0.15) is 6.79 Å². The molecule has 0 atom stereocenters. The first kappa shape index (κ1) is 9.96. The minimum absolute atomic E-state index is 0.460. The molecule has 0 bridgehead atoms. The van der Waals surface area contributed by atoms with E-state index < -0.39 is 0 Å². The van der Waals surface area contributed by atoms with E-state index >= 15 is 0 Å². The summed E-state index contributed by atoms with van der Waals surface area (Å²) in [5.74, 6) is 0.836. The van der Waals surface area contributed by atoms with Crippen molar-refractivity contribution in [1.29, 1.82) is 0 Å². The van der Waals surface area contributed by atoms with E-state index in [1.165, 1.54) is 12.8 Å². The van der Waals surface area contributed by atoms with Crippen molar-refractivity contribution in [3.63, 3.8) is 0 Å². The maximum atomic E-state index is 5.29. The van der Waals surface area contributed by atoms with E-state index in [2.05, 4.69) is 12.2 Å². The predicted octanol–water partition coefficient (Wildman–Crippen LogP) is 0.997. The number of likely N-dealkylation sites (N-methyl/N-ethyl adjacent to an activating group) is 1. The van der Waals surface area contributed by atoms with Crippen molar-refractivity contribution in [2.45, 2.75) is 19.8 Å². The molecule has 1 fully saturated rings. The molecule has 72 valence electrons. The van der Waals surface area contributed by atoms with Gasteiger partial charge in [-0.15, -0.1) is 0 Å². The number of hydrogen-bond donors (Lipinski definition) is 1. The molecule has 0 aromatic rings. The molecule has 0 aromatic carbocycles. The Morgan fingerprint density at radius 2 is 2.17 bits per heavy atom. The van der Waals surface area contributed by atoms with E-state index in [0.29, 0.717) is 6.79 Å². The Morgan fingerprint density at radius 3 is 2.83 bits per heavy atom. The fourth-order valence-corrected chi connectivity index (χ4v) is 0.938. The molecule has 0 unspecified atom stereocenters. The predicted molar refractivity (Wildman–Crippen MR) is 48.0 cm³/mol. The summed E-state index contributed by atoms with van der Waals surface area (Å²) in [4.78, 5) is 0. The monoisotopic (exact) mass is 173 g/mol. The summed E-state index contributed by atoms with van der Waals surface area (Å²) >= 11 is 0. The number of nitrogens with one attached hydrogen (secondary N) is 1. The second kappa shape index (κ2) is 6.40. The molecule has 12 heavy (non-hydrogen) atoms.